The molecule has 0 bridgehead atoms. The van der Waals surface area contributed by atoms with Crippen LogP contribution in [0.25, 0.3) is 0 Å². The molecule has 1 rings (SSSR count). The van der Waals surface area contributed by atoms with Gasteiger partial charge < -0.3 is 14.8 Å². The van der Waals surface area contributed by atoms with Gasteiger partial charge in [-0.1, -0.05) is 0 Å². The topological polar surface area (TPSA) is 47.6 Å². The van der Waals surface area contributed by atoms with Gasteiger partial charge in [0.2, 0.25) is 0 Å². The minimum atomic E-state index is -0.210. The van der Waals surface area contributed by atoms with Crippen LogP contribution in [0.1, 0.15) is 32.8 Å². The third kappa shape index (κ3) is 5.64. The van der Waals surface area contributed by atoms with E-state index in [1.54, 1.807) is 0 Å². The van der Waals surface area contributed by atoms with E-state index >= 15 is 0 Å². The lowest BCUT2D eigenvalue weighted by Gasteiger charge is -2.22. The van der Waals surface area contributed by atoms with Gasteiger partial charge in [0.05, 0.1) is 13.5 Å². The first-order valence-corrected chi connectivity index (χ1v) is 6.42. The zero-order chi connectivity index (χ0) is 14.5. The van der Waals surface area contributed by atoms with E-state index in [1.807, 2.05) is 45.9 Å². The van der Waals surface area contributed by atoms with Crippen LogP contribution in [0.4, 0.5) is 5.69 Å². The number of methoxy groups -OCH3 is 1. The molecule has 19 heavy (non-hydrogen) atoms. The summed E-state index contributed by atoms with van der Waals surface area (Å²) >= 11 is 0. The number of anilines is 1. The van der Waals surface area contributed by atoms with E-state index in [0.717, 1.165) is 17.0 Å². The highest BCUT2D eigenvalue weighted by molar-refractivity contribution is 5.70. The molecule has 0 atom stereocenters. The average Bonchev–Trinajstić information content (AvgIpc) is 2.29. The second-order valence-electron chi connectivity index (χ2n) is 5.44. The molecule has 0 aliphatic carbocycles. The van der Waals surface area contributed by atoms with Crippen LogP contribution < -0.4 is 10.1 Å². The van der Waals surface area contributed by atoms with Crippen LogP contribution >= 0.6 is 0 Å². The summed E-state index contributed by atoms with van der Waals surface area (Å²) in [5, 5.41) is 3.21. The molecule has 0 aromatic heterocycles. The maximum atomic E-state index is 11.0. The van der Waals surface area contributed by atoms with Crippen molar-refractivity contribution in [2.24, 2.45) is 0 Å². The molecule has 0 unspecified atom stereocenters. The summed E-state index contributed by atoms with van der Waals surface area (Å²) in [5.74, 6) is 0.640. The van der Waals surface area contributed by atoms with Crippen molar-refractivity contribution in [3.05, 3.63) is 23.8 Å². The highest BCUT2D eigenvalue weighted by Crippen LogP contribution is 2.24. The van der Waals surface area contributed by atoms with E-state index in [0.29, 0.717) is 13.0 Å². The number of benzene rings is 1. The number of carbonyl (C=O) groups excluding carboxylic acids is 1. The molecule has 1 N–H and O–H groups in total. The lowest BCUT2D eigenvalue weighted by molar-refractivity contribution is -0.140. The molecule has 0 amide bonds. The van der Waals surface area contributed by atoms with E-state index in [9.17, 15) is 4.79 Å². The fraction of sp³-hybridized carbons (Fsp3) is 0.533. The average molecular weight is 265 g/mol. The van der Waals surface area contributed by atoms with Gasteiger partial charge >= 0.3 is 5.97 Å². The van der Waals surface area contributed by atoms with Gasteiger partial charge in [0.15, 0.2) is 0 Å². The van der Waals surface area contributed by atoms with Crippen molar-refractivity contribution < 1.29 is 14.3 Å². The smallest absolute Gasteiger partial charge is 0.307 e. The predicted molar refractivity (Wildman–Crippen MR) is 76.7 cm³/mol. The van der Waals surface area contributed by atoms with Crippen molar-refractivity contribution in [2.45, 2.75) is 39.7 Å². The molecule has 0 fully saturated rings. The minimum Gasteiger partial charge on any atom is -0.488 e. The molecule has 0 saturated carbocycles. The zero-order valence-corrected chi connectivity index (χ0v) is 12.4. The first kappa shape index (κ1) is 15.3. The lowest BCUT2D eigenvalue weighted by Crippen LogP contribution is -2.23. The van der Waals surface area contributed by atoms with Gasteiger partial charge in [-0.25, -0.2) is 0 Å². The summed E-state index contributed by atoms with van der Waals surface area (Å²) in [6.07, 6.45) is 0.357. The van der Waals surface area contributed by atoms with E-state index in [4.69, 9.17) is 4.74 Å². The SMILES string of the molecule is COC(=O)CCNc1ccc(OC(C)(C)C)cc1C. The standard InChI is InChI=1S/C15H23NO3/c1-11-10-12(19-15(2,3)4)6-7-13(11)16-9-8-14(17)18-5/h6-7,10,16H,8-9H2,1-5H3. The minimum absolute atomic E-state index is 0.202. The highest BCUT2D eigenvalue weighted by Gasteiger charge is 2.12. The molecule has 0 aliphatic rings. The molecule has 4 heteroatoms. The molecule has 1 aromatic carbocycles. The number of hydrogen-bond donors (Lipinski definition) is 1. The zero-order valence-electron chi connectivity index (χ0n) is 12.4. The van der Waals surface area contributed by atoms with Crippen molar-refractivity contribution in [3.63, 3.8) is 0 Å². The Labute approximate surface area is 115 Å². The normalized spacial score (nSPS) is 11.0. The summed E-state index contributed by atoms with van der Waals surface area (Å²) < 4.78 is 10.4. The van der Waals surface area contributed by atoms with E-state index < -0.39 is 0 Å². The summed E-state index contributed by atoms with van der Waals surface area (Å²) in [6, 6.07) is 5.89. The Morgan fingerprint density at radius 3 is 2.53 bits per heavy atom. The largest absolute Gasteiger partial charge is 0.488 e. The van der Waals surface area contributed by atoms with Crippen LogP contribution in [0.3, 0.4) is 0 Å². The van der Waals surface area contributed by atoms with Crippen LogP contribution in [-0.2, 0) is 9.53 Å². The molecule has 0 heterocycles. The number of hydrogen-bond acceptors (Lipinski definition) is 4. The molecular weight excluding hydrogens is 242 g/mol. The Kier molecular flexibility index (Phi) is 5.21. The van der Waals surface area contributed by atoms with Crippen molar-refractivity contribution >= 4 is 11.7 Å². The van der Waals surface area contributed by atoms with Crippen LogP contribution in [-0.4, -0.2) is 25.2 Å². The number of carbonyl (C=O) groups is 1. The van der Waals surface area contributed by atoms with Crippen LogP contribution in [0.15, 0.2) is 18.2 Å². The Bertz CT molecular complexity index is 436. The molecule has 1 aromatic rings. The maximum absolute atomic E-state index is 11.0. The molecule has 0 aliphatic heterocycles. The van der Waals surface area contributed by atoms with Crippen molar-refractivity contribution in [2.75, 3.05) is 19.0 Å². The van der Waals surface area contributed by atoms with Gasteiger partial charge in [-0.2, -0.15) is 0 Å². The van der Waals surface area contributed by atoms with Gasteiger partial charge in [0, 0.05) is 12.2 Å². The number of aryl methyl sites for hydroxylation is 1. The van der Waals surface area contributed by atoms with Crippen molar-refractivity contribution in [1.29, 1.82) is 0 Å². The number of esters is 1. The monoisotopic (exact) mass is 265 g/mol. The fourth-order valence-corrected chi connectivity index (χ4v) is 1.65. The summed E-state index contributed by atoms with van der Waals surface area (Å²) in [7, 11) is 1.40. The van der Waals surface area contributed by atoms with Gasteiger partial charge in [-0.3, -0.25) is 4.79 Å². The lowest BCUT2D eigenvalue weighted by atomic mass is 10.1. The first-order valence-electron chi connectivity index (χ1n) is 6.42. The highest BCUT2D eigenvalue weighted by atomic mass is 16.5. The summed E-state index contributed by atoms with van der Waals surface area (Å²) in [5.41, 5.74) is 1.89. The van der Waals surface area contributed by atoms with Crippen LogP contribution in [0, 0.1) is 6.92 Å². The fourth-order valence-electron chi connectivity index (χ4n) is 1.65. The molecule has 4 nitrogen and oxygen atoms in total. The number of ether oxygens (including phenoxy) is 2. The second-order valence-corrected chi connectivity index (χ2v) is 5.44. The Morgan fingerprint density at radius 1 is 1.32 bits per heavy atom. The molecular formula is C15H23NO3. The van der Waals surface area contributed by atoms with E-state index in [-0.39, 0.29) is 11.6 Å². The van der Waals surface area contributed by atoms with Gasteiger partial charge in [-0.05, 0) is 51.5 Å². The summed E-state index contributed by atoms with van der Waals surface area (Å²) in [6.45, 7) is 8.63. The van der Waals surface area contributed by atoms with Crippen molar-refractivity contribution in [1.82, 2.24) is 0 Å². The quantitative estimate of drug-likeness (QED) is 0.831. The van der Waals surface area contributed by atoms with E-state index in [1.165, 1.54) is 7.11 Å². The Morgan fingerprint density at radius 2 is 2.00 bits per heavy atom. The van der Waals surface area contributed by atoms with E-state index in [2.05, 4.69) is 10.1 Å². The van der Waals surface area contributed by atoms with Crippen LogP contribution in [0.2, 0.25) is 0 Å². The number of nitrogens with one attached hydrogen (secondary N) is 1. The Hall–Kier alpha value is -1.71. The summed E-state index contributed by atoms with van der Waals surface area (Å²) in [4.78, 5) is 11.0. The van der Waals surface area contributed by atoms with Crippen molar-refractivity contribution in [3.8, 4) is 5.75 Å². The predicted octanol–water partition coefficient (Wildman–Crippen LogP) is 3.15. The van der Waals surface area contributed by atoms with Gasteiger partial charge in [0.1, 0.15) is 11.4 Å². The third-order valence-electron chi connectivity index (χ3n) is 2.49. The van der Waals surface area contributed by atoms with Crippen LogP contribution in [0.5, 0.6) is 5.75 Å². The Balaban J connectivity index is 2.60. The second kappa shape index (κ2) is 6.45. The van der Waals surface area contributed by atoms with Gasteiger partial charge in [-0.15, -0.1) is 0 Å². The van der Waals surface area contributed by atoms with Gasteiger partial charge in [0.25, 0.3) is 0 Å². The first-order chi connectivity index (χ1) is 8.81. The molecule has 0 radical (unpaired) electrons. The third-order valence-corrected chi connectivity index (χ3v) is 2.49. The molecule has 106 valence electrons. The number of rotatable bonds is 5. The molecule has 0 spiro atoms. The molecule has 0 saturated heterocycles. The maximum Gasteiger partial charge on any atom is 0.307 e.